The summed E-state index contributed by atoms with van der Waals surface area (Å²) in [6, 6.07) is 0. The lowest BCUT2D eigenvalue weighted by atomic mass is 10.5. The van der Waals surface area contributed by atoms with E-state index >= 15 is 0 Å². The Bertz CT molecular complexity index is 92.1. The van der Waals surface area contributed by atoms with E-state index < -0.39 is 0 Å². The van der Waals surface area contributed by atoms with Crippen molar-refractivity contribution in [2.24, 2.45) is 0 Å². The summed E-state index contributed by atoms with van der Waals surface area (Å²) < 4.78 is 10.2. The highest BCUT2D eigenvalue weighted by molar-refractivity contribution is 7.99. The van der Waals surface area contributed by atoms with Crippen molar-refractivity contribution in [1.82, 2.24) is 5.32 Å². The van der Waals surface area contributed by atoms with Crippen molar-refractivity contribution >= 4 is 11.8 Å². The van der Waals surface area contributed by atoms with Gasteiger partial charge >= 0.3 is 0 Å². The van der Waals surface area contributed by atoms with Crippen molar-refractivity contribution in [2.45, 2.75) is 13.3 Å². The lowest BCUT2D eigenvalue weighted by Crippen LogP contribution is -2.22. The average molecular weight is 221 g/mol. The minimum Gasteiger partial charge on any atom is -0.385 e. The number of thioether (sulfide) groups is 1. The third-order valence-electron chi connectivity index (χ3n) is 1.69. The third kappa shape index (κ3) is 12.2. The Hall–Kier alpha value is 0.230. The second-order valence-electron chi connectivity index (χ2n) is 2.91. The largest absolute Gasteiger partial charge is 0.385 e. The Morgan fingerprint density at radius 1 is 1.14 bits per heavy atom. The first-order chi connectivity index (χ1) is 6.91. The molecular weight excluding hydrogens is 198 g/mol. The van der Waals surface area contributed by atoms with Crippen LogP contribution in [0.2, 0.25) is 0 Å². The van der Waals surface area contributed by atoms with Crippen LogP contribution in [0.15, 0.2) is 0 Å². The van der Waals surface area contributed by atoms with Gasteiger partial charge in [-0.25, -0.2) is 0 Å². The van der Waals surface area contributed by atoms with Gasteiger partial charge in [-0.2, -0.15) is 11.8 Å². The molecule has 86 valence electrons. The molecule has 0 amide bonds. The summed E-state index contributed by atoms with van der Waals surface area (Å²) in [6.07, 6.45) is 1.15. The quantitative estimate of drug-likeness (QED) is 0.534. The third-order valence-corrected chi connectivity index (χ3v) is 2.76. The predicted molar refractivity (Wildman–Crippen MR) is 63.2 cm³/mol. The maximum absolute atomic E-state index is 5.21. The number of methoxy groups -OCH3 is 1. The van der Waals surface area contributed by atoms with Crippen molar-refractivity contribution in [3.8, 4) is 0 Å². The van der Waals surface area contributed by atoms with Crippen LogP contribution in [0.25, 0.3) is 0 Å². The van der Waals surface area contributed by atoms with Crippen molar-refractivity contribution in [3.63, 3.8) is 0 Å². The summed E-state index contributed by atoms with van der Waals surface area (Å²) >= 11 is 1.97. The molecule has 0 bridgehead atoms. The Labute approximate surface area is 91.9 Å². The van der Waals surface area contributed by atoms with Gasteiger partial charge in [0, 0.05) is 39.2 Å². The van der Waals surface area contributed by atoms with E-state index in [4.69, 9.17) is 9.47 Å². The number of hydrogen-bond donors (Lipinski definition) is 1. The fourth-order valence-electron chi connectivity index (χ4n) is 0.965. The van der Waals surface area contributed by atoms with Crippen LogP contribution in [-0.2, 0) is 9.47 Å². The van der Waals surface area contributed by atoms with Gasteiger partial charge in [-0.15, -0.1) is 0 Å². The second-order valence-corrected chi connectivity index (χ2v) is 4.13. The van der Waals surface area contributed by atoms with Crippen LogP contribution in [0.1, 0.15) is 13.3 Å². The summed E-state index contributed by atoms with van der Waals surface area (Å²) in [4.78, 5) is 0. The minimum atomic E-state index is 0.813. The molecule has 0 fully saturated rings. The number of nitrogens with one attached hydrogen (secondary N) is 1. The Kier molecular flexibility index (Phi) is 13.4. The van der Waals surface area contributed by atoms with E-state index in [9.17, 15) is 0 Å². The molecule has 0 aromatic carbocycles. The molecule has 0 unspecified atom stereocenters. The zero-order chi connectivity index (χ0) is 10.5. The normalized spacial score (nSPS) is 10.7. The van der Waals surface area contributed by atoms with Crippen LogP contribution in [0, 0.1) is 0 Å². The Balaban J connectivity index is 2.78. The molecule has 4 heteroatoms. The highest BCUT2D eigenvalue weighted by Crippen LogP contribution is 2.00. The lowest BCUT2D eigenvalue weighted by molar-refractivity contribution is 0.150. The van der Waals surface area contributed by atoms with Gasteiger partial charge < -0.3 is 14.8 Å². The zero-order valence-electron chi connectivity index (χ0n) is 9.38. The standard InChI is InChI=1S/C10H23NO2S/c1-3-13-8-5-11-6-10-14-9-4-7-12-2/h11H,3-10H2,1-2H3. The molecule has 0 aliphatic rings. The molecule has 0 rings (SSSR count). The smallest absolute Gasteiger partial charge is 0.0590 e. The van der Waals surface area contributed by atoms with E-state index in [1.165, 1.54) is 11.5 Å². The van der Waals surface area contributed by atoms with E-state index in [-0.39, 0.29) is 0 Å². The van der Waals surface area contributed by atoms with Gasteiger partial charge in [0.25, 0.3) is 0 Å². The predicted octanol–water partition coefficient (Wildman–Crippen LogP) is 1.38. The summed E-state index contributed by atoms with van der Waals surface area (Å²) in [7, 11) is 1.75. The molecule has 0 radical (unpaired) electrons. The van der Waals surface area contributed by atoms with Gasteiger partial charge in [0.1, 0.15) is 0 Å². The maximum atomic E-state index is 5.21. The van der Waals surface area contributed by atoms with Crippen LogP contribution in [0.3, 0.4) is 0 Å². The van der Waals surface area contributed by atoms with Crippen LogP contribution < -0.4 is 5.32 Å². The molecule has 0 saturated heterocycles. The molecule has 0 saturated carbocycles. The molecule has 0 spiro atoms. The highest BCUT2D eigenvalue weighted by atomic mass is 32.2. The Morgan fingerprint density at radius 3 is 2.71 bits per heavy atom. The van der Waals surface area contributed by atoms with Crippen molar-refractivity contribution < 1.29 is 9.47 Å². The number of ether oxygens (including phenoxy) is 2. The fraction of sp³-hybridized carbons (Fsp3) is 1.00. The van der Waals surface area contributed by atoms with Crippen molar-refractivity contribution in [3.05, 3.63) is 0 Å². The van der Waals surface area contributed by atoms with Crippen LogP contribution >= 0.6 is 11.8 Å². The molecule has 1 N–H and O–H groups in total. The van der Waals surface area contributed by atoms with Gasteiger partial charge in [0.05, 0.1) is 6.61 Å². The molecule has 3 nitrogen and oxygen atoms in total. The molecule has 14 heavy (non-hydrogen) atoms. The van der Waals surface area contributed by atoms with E-state index in [2.05, 4.69) is 5.32 Å². The molecule has 0 heterocycles. The molecular formula is C10H23NO2S. The van der Waals surface area contributed by atoms with Gasteiger partial charge in [-0.05, 0) is 19.1 Å². The topological polar surface area (TPSA) is 30.5 Å². The first-order valence-electron chi connectivity index (χ1n) is 5.27. The van der Waals surface area contributed by atoms with Crippen LogP contribution in [-0.4, -0.2) is 51.5 Å². The van der Waals surface area contributed by atoms with E-state index in [0.29, 0.717) is 0 Å². The molecule has 0 aliphatic heterocycles. The van der Waals surface area contributed by atoms with E-state index in [1.807, 2.05) is 18.7 Å². The molecule has 0 atom stereocenters. The van der Waals surface area contributed by atoms with Crippen LogP contribution in [0.5, 0.6) is 0 Å². The first-order valence-corrected chi connectivity index (χ1v) is 6.42. The zero-order valence-corrected chi connectivity index (χ0v) is 10.2. The monoisotopic (exact) mass is 221 g/mol. The first kappa shape index (κ1) is 14.2. The van der Waals surface area contributed by atoms with Crippen LogP contribution in [0.4, 0.5) is 0 Å². The summed E-state index contributed by atoms with van der Waals surface area (Å²) in [6.45, 7) is 6.58. The maximum Gasteiger partial charge on any atom is 0.0590 e. The van der Waals surface area contributed by atoms with E-state index in [0.717, 1.165) is 39.3 Å². The average Bonchev–Trinajstić information content (AvgIpc) is 2.21. The van der Waals surface area contributed by atoms with Gasteiger partial charge in [0.15, 0.2) is 0 Å². The SMILES string of the molecule is CCOCCNCCSCCCOC. The van der Waals surface area contributed by atoms with Gasteiger partial charge in [0.2, 0.25) is 0 Å². The minimum absolute atomic E-state index is 0.813. The molecule has 0 aromatic heterocycles. The van der Waals surface area contributed by atoms with Crippen molar-refractivity contribution in [1.29, 1.82) is 0 Å². The number of rotatable bonds is 11. The number of hydrogen-bond acceptors (Lipinski definition) is 4. The summed E-state index contributed by atoms with van der Waals surface area (Å²) in [5.41, 5.74) is 0. The van der Waals surface area contributed by atoms with E-state index in [1.54, 1.807) is 7.11 Å². The second kappa shape index (κ2) is 13.2. The molecule has 0 aliphatic carbocycles. The van der Waals surface area contributed by atoms with Gasteiger partial charge in [-0.3, -0.25) is 0 Å². The Morgan fingerprint density at radius 2 is 2.00 bits per heavy atom. The summed E-state index contributed by atoms with van der Waals surface area (Å²) in [5, 5.41) is 3.33. The van der Waals surface area contributed by atoms with Crippen molar-refractivity contribution in [2.75, 3.05) is 51.5 Å². The van der Waals surface area contributed by atoms with Gasteiger partial charge in [-0.1, -0.05) is 0 Å². The molecule has 0 aromatic rings. The highest BCUT2D eigenvalue weighted by Gasteiger charge is 1.90. The lowest BCUT2D eigenvalue weighted by Gasteiger charge is -2.04. The summed E-state index contributed by atoms with van der Waals surface area (Å²) in [5.74, 6) is 2.37. The fourth-order valence-corrected chi connectivity index (χ4v) is 1.78.